The highest BCUT2D eigenvalue weighted by Crippen LogP contribution is 2.19. The molecule has 0 aromatic heterocycles. The van der Waals surface area contributed by atoms with Crippen molar-refractivity contribution in [1.29, 1.82) is 0 Å². The lowest BCUT2D eigenvalue weighted by Crippen LogP contribution is -2.57. The lowest BCUT2D eigenvalue weighted by molar-refractivity contribution is 0.0992. The van der Waals surface area contributed by atoms with Crippen LogP contribution in [0.2, 0.25) is 0 Å². The van der Waals surface area contributed by atoms with Crippen LogP contribution in [0.15, 0.2) is 24.3 Å². The highest BCUT2D eigenvalue weighted by molar-refractivity contribution is 5.16. The fourth-order valence-corrected chi connectivity index (χ4v) is 3.01. The van der Waals surface area contributed by atoms with Crippen LogP contribution in [0.1, 0.15) is 39.2 Å². The van der Waals surface area contributed by atoms with Crippen molar-refractivity contribution in [3.05, 3.63) is 35.6 Å². The molecule has 1 N–H and O–H groups in total. The molecule has 2 rings (SSSR count). The van der Waals surface area contributed by atoms with E-state index < -0.39 is 0 Å². The standard InChI is InChI=1S/C17H27FN2/c1-4-13(3)17-12-20(16(5-2)10-19-17)11-14-7-6-8-15(18)9-14/h6-9,13,16-17,19H,4-5,10-12H2,1-3H3. The van der Waals surface area contributed by atoms with Gasteiger partial charge in [-0.15, -0.1) is 0 Å². The monoisotopic (exact) mass is 278 g/mol. The maximum absolute atomic E-state index is 13.3. The molecular weight excluding hydrogens is 251 g/mol. The molecule has 1 heterocycles. The van der Waals surface area contributed by atoms with Crippen LogP contribution < -0.4 is 5.32 Å². The Bertz CT molecular complexity index is 421. The van der Waals surface area contributed by atoms with Gasteiger partial charge in [0.25, 0.3) is 0 Å². The second kappa shape index (κ2) is 7.19. The zero-order valence-electron chi connectivity index (χ0n) is 12.9. The summed E-state index contributed by atoms with van der Waals surface area (Å²) in [5.41, 5.74) is 1.08. The van der Waals surface area contributed by atoms with Crippen molar-refractivity contribution in [3.63, 3.8) is 0 Å². The van der Waals surface area contributed by atoms with Crippen molar-refractivity contribution in [3.8, 4) is 0 Å². The first-order chi connectivity index (χ1) is 9.63. The van der Waals surface area contributed by atoms with Gasteiger partial charge in [-0.1, -0.05) is 39.3 Å². The van der Waals surface area contributed by atoms with Gasteiger partial charge >= 0.3 is 0 Å². The molecule has 1 aliphatic heterocycles. The van der Waals surface area contributed by atoms with Crippen LogP contribution >= 0.6 is 0 Å². The average Bonchev–Trinajstić information content (AvgIpc) is 2.46. The molecule has 0 bridgehead atoms. The van der Waals surface area contributed by atoms with Gasteiger partial charge in [0.05, 0.1) is 0 Å². The van der Waals surface area contributed by atoms with Gasteiger partial charge in [0, 0.05) is 31.7 Å². The predicted molar refractivity (Wildman–Crippen MR) is 82.1 cm³/mol. The second-order valence-corrected chi connectivity index (χ2v) is 6.02. The molecule has 1 aliphatic rings. The molecule has 0 spiro atoms. The van der Waals surface area contributed by atoms with Gasteiger partial charge in [-0.25, -0.2) is 4.39 Å². The highest BCUT2D eigenvalue weighted by atomic mass is 19.1. The summed E-state index contributed by atoms with van der Waals surface area (Å²) in [5.74, 6) is 0.548. The van der Waals surface area contributed by atoms with Crippen LogP contribution in [0, 0.1) is 11.7 Å². The molecule has 1 aromatic rings. The van der Waals surface area contributed by atoms with Crippen LogP contribution in [-0.2, 0) is 6.54 Å². The van der Waals surface area contributed by atoms with E-state index in [1.807, 2.05) is 6.07 Å². The van der Waals surface area contributed by atoms with E-state index in [0.29, 0.717) is 18.0 Å². The molecular formula is C17H27FN2. The minimum Gasteiger partial charge on any atom is -0.311 e. The SMILES string of the molecule is CCC(C)C1CN(Cc2cccc(F)c2)C(CC)CN1. The number of benzene rings is 1. The molecule has 112 valence electrons. The number of nitrogens with zero attached hydrogens (tertiary/aromatic N) is 1. The minimum absolute atomic E-state index is 0.135. The van der Waals surface area contributed by atoms with Gasteiger partial charge in [-0.05, 0) is 30.0 Å². The predicted octanol–water partition coefficient (Wildman–Crippen LogP) is 3.42. The molecule has 0 saturated carbocycles. The van der Waals surface area contributed by atoms with Gasteiger partial charge in [-0.3, -0.25) is 4.90 Å². The van der Waals surface area contributed by atoms with E-state index in [-0.39, 0.29) is 5.82 Å². The zero-order valence-corrected chi connectivity index (χ0v) is 12.9. The summed E-state index contributed by atoms with van der Waals surface area (Å²) in [6.45, 7) is 9.74. The van der Waals surface area contributed by atoms with Crippen molar-refractivity contribution < 1.29 is 4.39 Å². The summed E-state index contributed by atoms with van der Waals surface area (Å²) in [6, 6.07) is 8.11. The number of hydrogen-bond donors (Lipinski definition) is 1. The van der Waals surface area contributed by atoms with E-state index in [1.54, 1.807) is 12.1 Å². The Hall–Kier alpha value is -0.930. The number of halogens is 1. The van der Waals surface area contributed by atoms with Gasteiger partial charge in [-0.2, -0.15) is 0 Å². The van der Waals surface area contributed by atoms with E-state index >= 15 is 0 Å². The number of hydrogen-bond acceptors (Lipinski definition) is 2. The molecule has 1 saturated heterocycles. The zero-order chi connectivity index (χ0) is 14.5. The summed E-state index contributed by atoms with van der Waals surface area (Å²) in [6.07, 6.45) is 2.33. The molecule has 0 radical (unpaired) electrons. The van der Waals surface area contributed by atoms with E-state index in [4.69, 9.17) is 0 Å². The third-order valence-electron chi connectivity index (χ3n) is 4.64. The Balaban J connectivity index is 2.05. The highest BCUT2D eigenvalue weighted by Gasteiger charge is 2.29. The third-order valence-corrected chi connectivity index (χ3v) is 4.64. The van der Waals surface area contributed by atoms with Crippen LogP contribution in [0.5, 0.6) is 0 Å². The smallest absolute Gasteiger partial charge is 0.123 e. The van der Waals surface area contributed by atoms with E-state index in [0.717, 1.165) is 31.6 Å². The normalized spacial score (nSPS) is 25.6. The first-order valence-electron chi connectivity index (χ1n) is 7.85. The Morgan fingerprint density at radius 2 is 2.20 bits per heavy atom. The second-order valence-electron chi connectivity index (χ2n) is 6.02. The van der Waals surface area contributed by atoms with E-state index in [2.05, 4.69) is 31.0 Å². The maximum Gasteiger partial charge on any atom is 0.123 e. The molecule has 1 fully saturated rings. The quantitative estimate of drug-likeness (QED) is 0.888. The lowest BCUT2D eigenvalue weighted by atomic mass is 9.94. The van der Waals surface area contributed by atoms with Crippen molar-refractivity contribution in [2.45, 2.75) is 52.2 Å². The lowest BCUT2D eigenvalue weighted by Gasteiger charge is -2.42. The van der Waals surface area contributed by atoms with Crippen LogP contribution in [-0.4, -0.2) is 30.1 Å². The Morgan fingerprint density at radius 1 is 1.40 bits per heavy atom. The van der Waals surface area contributed by atoms with Gasteiger partial charge in [0.1, 0.15) is 5.82 Å². The number of rotatable bonds is 5. The van der Waals surface area contributed by atoms with Gasteiger partial charge in [0.2, 0.25) is 0 Å². The topological polar surface area (TPSA) is 15.3 Å². The summed E-state index contributed by atoms with van der Waals surface area (Å²) >= 11 is 0. The Kier molecular flexibility index (Phi) is 5.55. The van der Waals surface area contributed by atoms with Crippen molar-refractivity contribution in [2.75, 3.05) is 13.1 Å². The third kappa shape index (κ3) is 3.80. The molecule has 0 aliphatic carbocycles. The number of piperazine rings is 1. The van der Waals surface area contributed by atoms with Crippen molar-refractivity contribution in [1.82, 2.24) is 10.2 Å². The van der Waals surface area contributed by atoms with E-state index in [9.17, 15) is 4.39 Å². The molecule has 0 amide bonds. The first-order valence-corrected chi connectivity index (χ1v) is 7.85. The van der Waals surface area contributed by atoms with Crippen molar-refractivity contribution in [2.24, 2.45) is 5.92 Å². The van der Waals surface area contributed by atoms with E-state index in [1.165, 1.54) is 12.5 Å². The fraction of sp³-hybridized carbons (Fsp3) is 0.647. The van der Waals surface area contributed by atoms with Crippen LogP contribution in [0.4, 0.5) is 4.39 Å². The van der Waals surface area contributed by atoms with Crippen LogP contribution in [0.3, 0.4) is 0 Å². The maximum atomic E-state index is 13.3. The molecule has 2 nitrogen and oxygen atoms in total. The number of nitrogens with one attached hydrogen (secondary N) is 1. The Morgan fingerprint density at radius 3 is 2.85 bits per heavy atom. The average molecular weight is 278 g/mol. The molecule has 3 heteroatoms. The summed E-state index contributed by atoms with van der Waals surface area (Å²) in [7, 11) is 0. The summed E-state index contributed by atoms with van der Waals surface area (Å²) in [4.78, 5) is 2.52. The van der Waals surface area contributed by atoms with Gasteiger partial charge < -0.3 is 5.32 Å². The first kappa shape index (κ1) is 15.5. The minimum atomic E-state index is -0.135. The van der Waals surface area contributed by atoms with Gasteiger partial charge in [0.15, 0.2) is 0 Å². The summed E-state index contributed by atoms with van der Waals surface area (Å²) < 4.78 is 13.3. The Labute approximate surface area is 122 Å². The van der Waals surface area contributed by atoms with Crippen molar-refractivity contribution >= 4 is 0 Å². The molecule has 3 unspecified atom stereocenters. The molecule has 3 atom stereocenters. The van der Waals surface area contributed by atoms with Crippen LogP contribution in [0.25, 0.3) is 0 Å². The molecule has 1 aromatic carbocycles. The summed E-state index contributed by atoms with van der Waals surface area (Å²) in [5, 5.41) is 3.68. The fourth-order valence-electron chi connectivity index (χ4n) is 3.01. The molecule has 20 heavy (non-hydrogen) atoms. The largest absolute Gasteiger partial charge is 0.311 e.